The Balaban J connectivity index is 2.28. The van der Waals surface area contributed by atoms with E-state index in [9.17, 15) is 0 Å². The summed E-state index contributed by atoms with van der Waals surface area (Å²) in [6.45, 7) is 4.50. The smallest absolute Gasteiger partial charge is 0.0661 e. The van der Waals surface area contributed by atoms with E-state index in [4.69, 9.17) is 23.2 Å². The van der Waals surface area contributed by atoms with E-state index in [0.29, 0.717) is 16.0 Å². The van der Waals surface area contributed by atoms with Gasteiger partial charge in [-0.25, -0.2) is 0 Å². The Labute approximate surface area is 118 Å². The number of hydrogen-bond donors (Lipinski definition) is 1. The molecule has 1 aromatic carbocycles. The van der Waals surface area contributed by atoms with Crippen molar-refractivity contribution in [3.63, 3.8) is 0 Å². The summed E-state index contributed by atoms with van der Waals surface area (Å²) in [6.07, 6.45) is 7.12. The Kier molecular flexibility index (Phi) is 4.58. The average Bonchev–Trinajstić information content (AvgIpc) is 2.73. The Morgan fingerprint density at radius 2 is 2.00 bits per heavy atom. The van der Waals surface area contributed by atoms with Crippen molar-refractivity contribution in [2.45, 2.75) is 45.4 Å². The van der Waals surface area contributed by atoms with Crippen LogP contribution in [0.3, 0.4) is 0 Å². The lowest BCUT2D eigenvalue weighted by Crippen LogP contribution is -1.92. The van der Waals surface area contributed by atoms with E-state index >= 15 is 0 Å². The maximum absolute atomic E-state index is 6.19. The summed E-state index contributed by atoms with van der Waals surface area (Å²) in [5, 5.41) is 2.56. The predicted octanol–water partition coefficient (Wildman–Crippen LogP) is 6.16. The summed E-state index contributed by atoms with van der Waals surface area (Å²) in [5.74, 6) is 0.542. The monoisotopic (exact) mass is 283 g/mol. The Morgan fingerprint density at radius 3 is 2.72 bits per heavy atom. The third kappa shape index (κ3) is 2.84. The first-order chi connectivity index (χ1) is 8.63. The fraction of sp³-hybridized carbons (Fsp3) is 0.467. The summed E-state index contributed by atoms with van der Waals surface area (Å²) in [5.41, 5.74) is 2.32. The summed E-state index contributed by atoms with van der Waals surface area (Å²) in [4.78, 5) is 3.26. The SMILES string of the molecule is CCCCCC(C)c1c[nH]c2c(Cl)cc(Cl)cc12. The molecule has 98 valence electrons. The Hall–Kier alpha value is -0.660. The van der Waals surface area contributed by atoms with Crippen LogP contribution in [0.15, 0.2) is 18.3 Å². The van der Waals surface area contributed by atoms with Crippen molar-refractivity contribution in [1.29, 1.82) is 0 Å². The van der Waals surface area contributed by atoms with E-state index in [1.54, 1.807) is 6.07 Å². The van der Waals surface area contributed by atoms with Gasteiger partial charge in [-0.05, 0) is 30.0 Å². The van der Waals surface area contributed by atoms with Crippen LogP contribution in [0.4, 0.5) is 0 Å². The normalized spacial score (nSPS) is 13.1. The number of H-pyrrole nitrogens is 1. The molecule has 18 heavy (non-hydrogen) atoms. The van der Waals surface area contributed by atoms with Gasteiger partial charge in [0.1, 0.15) is 0 Å². The summed E-state index contributed by atoms with van der Waals surface area (Å²) in [6, 6.07) is 3.79. The number of unbranched alkanes of at least 4 members (excludes halogenated alkanes) is 2. The second-order valence-electron chi connectivity index (χ2n) is 4.95. The molecule has 2 aromatic rings. The first-order valence-electron chi connectivity index (χ1n) is 6.59. The summed E-state index contributed by atoms with van der Waals surface area (Å²) < 4.78 is 0. The maximum atomic E-state index is 6.19. The van der Waals surface area contributed by atoms with E-state index < -0.39 is 0 Å². The van der Waals surface area contributed by atoms with E-state index in [0.717, 1.165) is 10.9 Å². The highest BCUT2D eigenvalue weighted by Gasteiger charge is 2.13. The largest absolute Gasteiger partial charge is 0.360 e. The second kappa shape index (κ2) is 5.99. The second-order valence-corrected chi connectivity index (χ2v) is 5.79. The van der Waals surface area contributed by atoms with Crippen molar-refractivity contribution >= 4 is 34.1 Å². The predicted molar refractivity (Wildman–Crippen MR) is 80.9 cm³/mol. The van der Waals surface area contributed by atoms with Gasteiger partial charge in [-0.15, -0.1) is 0 Å². The number of aromatic nitrogens is 1. The molecule has 0 fully saturated rings. The van der Waals surface area contributed by atoms with Gasteiger partial charge in [0.15, 0.2) is 0 Å². The van der Waals surface area contributed by atoms with Crippen LogP contribution in [0.5, 0.6) is 0 Å². The molecule has 1 aromatic heterocycles. The van der Waals surface area contributed by atoms with Gasteiger partial charge in [-0.2, -0.15) is 0 Å². The zero-order valence-corrected chi connectivity index (χ0v) is 12.4. The first-order valence-corrected chi connectivity index (χ1v) is 7.35. The van der Waals surface area contributed by atoms with Crippen LogP contribution in [-0.2, 0) is 0 Å². The molecule has 0 aliphatic heterocycles. The number of halogens is 2. The van der Waals surface area contributed by atoms with E-state index in [1.807, 2.05) is 6.07 Å². The van der Waals surface area contributed by atoms with Crippen molar-refractivity contribution in [1.82, 2.24) is 4.98 Å². The molecule has 2 rings (SSSR count). The van der Waals surface area contributed by atoms with Crippen LogP contribution in [0, 0.1) is 0 Å². The van der Waals surface area contributed by atoms with E-state index in [-0.39, 0.29) is 0 Å². The first kappa shape index (κ1) is 13.8. The maximum Gasteiger partial charge on any atom is 0.0661 e. The third-order valence-electron chi connectivity index (χ3n) is 3.51. The zero-order chi connectivity index (χ0) is 13.1. The number of rotatable bonds is 5. The van der Waals surface area contributed by atoms with Crippen molar-refractivity contribution in [3.05, 3.63) is 33.9 Å². The molecule has 1 nitrogen and oxygen atoms in total. The van der Waals surface area contributed by atoms with E-state index in [2.05, 4.69) is 25.0 Å². The summed E-state index contributed by atoms with van der Waals surface area (Å²) >= 11 is 12.3. The molecular weight excluding hydrogens is 265 g/mol. The minimum atomic E-state index is 0.542. The summed E-state index contributed by atoms with van der Waals surface area (Å²) in [7, 11) is 0. The van der Waals surface area contributed by atoms with Gasteiger partial charge in [0.05, 0.1) is 10.5 Å². The van der Waals surface area contributed by atoms with Gasteiger partial charge in [-0.1, -0.05) is 56.3 Å². The van der Waals surface area contributed by atoms with Crippen LogP contribution in [0.2, 0.25) is 10.0 Å². The average molecular weight is 284 g/mol. The molecule has 0 bridgehead atoms. The highest BCUT2D eigenvalue weighted by atomic mass is 35.5. The van der Waals surface area contributed by atoms with Gasteiger partial charge in [-0.3, -0.25) is 0 Å². The number of benzene rings is 1. The van der Waals surface area contributed by atoms with Crippen molar-refractivity contribution in [2.75, 3.05) is 0 Å². The molecule has 3 heteroatoms. The van der Waals surface area contributed by atoms with Crippen LogP contribution in [-0.4, -0.2) is 4.98 Å². The molecule has 0 aliphatic rings. The molecule has 1 N–H and O–H groups in total. The lowest BCUT2D eigenvalue weighted by molar-refractivity contribution is 0.600. The molecule has 0 radical (unpaired) electrons. The molecule has 1 atom stereocenters. The topological polar surface area (TPSA) is 15.8 Å². The lowest BCUT2D eigenvalue weighted by Gasteiger charge is -2.10. The fourth-order valence-electron chi connectivity index (χ4n) is 2.44. The highest BCUT2D eigenvalue weighted by molar-refractivity contribution is 6.38. The van der Waals surface area contributed by atoms with Gasteiger partial charge < -0.3 is 4.98 Å². The molecule has 0 spiro atoms. The number of hydrogen-bond acceptors (Lipinski definition) is 0. The van der Waals surface area contributed by atoms with Crippen LogP contribution in [0.25, 0.3) is 10.9 Å². The molecule has 0 amide bonds. The minimum absolute atomic E-state index is 0.542. The van der Waals surface area contributed by atoms with Crippen LogP contribution in [0.1, 0.15) is 51.0 Å². The quantitative estimate of drug-likeness (QED) is 0.633. The standard InChI is InChI=1S/C15H19Cl2N/c1-3-4-5-6-10(2)13-9-18-15-12(13)7-11(16)8-14(15)17/h7-10,18H,3-6H2,1-2H3. The molecule has 1 heterocycles. The van der Waals surface area contributed by atoms with Gasteiger partial charge in [0.25, 0.3) is 0 Å². The zero-order valence-electron chi connectivity index (χ0n) is 10.9. The highest BCUT2D eigenvalue weighted by Crippen LogP contribution is 2.34. The number of aromatic amines is 1. The Bertz CT molecular complexity index is 531. The minimum Gasteiger partial charge on any atom is -0.360 e. The van der Waals surface area contributed by atoms with Crippen LogP contribution >= 0.6 is 23.2 Å². The van der Waals surface area contributed by atoms with Crippen molar-refractivity contribution in [3.8, 4) is 0 Å². The Morgan fingerprint density at radius 1 is 1.22 bits per heavy atom. The van der Waals surface area contributed by atoms with Crippen molar-refractivity contribution in [2.24, 2.45) is 0 Å². The molecular formula is C15H19Cl2N. The molecule has 0 aliphatic carbocycles. The molecule has 0 saturated heterocycles. The lowest BCUT2D eigenvalue weighted by atomic mass is 9.95. The number of nitrogens with one attached hydrogen (secondary N) is 1. The van der Waals surface area contributed by atoms with Gasteiger partial charge in [0.2, 0.25) is 0 Å². The van der Waals surface area contributed by atoms with Gasteiger partial charge in [0, 0.05) is 16.6 Å². The molecule has 1 unspecified atom stereocenters. The van der Waals surface area contributed by atoms with Crippen molar-refractivity contribution < 1.29 is 0 Å². The van der Waals surface area contributed by atoms with Crippen LogP contribution < -0.4 is 0 Å². The van der Waals surface area contributed by atoms with E-state index in [1.165, 1.54) is 31.2 Å². The molecule has 0 saturated carbocycles. The number of fused-ring (bicyclic) bond motifs is 1. The van der Waals surface area contributed by atoms with Gasteiger partial charge >= 0.3 is 0 Å². The third-order valence-corrected chi connectivity index (χ3v) is 4.03. The fourth-order valence-corrected chi connectivity index (χ4v) is 2.99.